The highest BCUT2D eigenvalue weighted by molar-refractivity contribution is 6.14. The quantitative estimate of drug-likeness (QED) is 0.688. The number of aliphatic carboxylic acids is 1. The molecule has 0 fully saturated rings. The Morgan fingerprint density at radius 3 is 2.45 bits per heavy atom. The second kappa shape index (κ2) is 5.07. The zero-order valence-corrected chi connectivity index (χ0v) is 11.7. The maximum Gasteiger partial charge on any atom is 0.344 e. The molecule has 0 saturated carbocycles. The molecule has 3 aromatic rings. The lowest BCUT2D eigenvalue weighted by Crippen LogP contribution is -2.22. The van der Waals surface area contributed by atoms with Crippen LogP contribution in [0, 0.1) is 0 Å². The van der Waals surface area contributed by atoms with Gasteiger partial charge < -0.3 is 19.9 Å². The lowest BCUT2D eigenvalue weighted by molar-refractivity contribution is -0.144. The number of carboxylic acids is 2. The number of nitrogens with one attached hydrogen (secondary N) is 1. The van der Waals surface area contributed by atoms with E-state index >= 15 is 0 Å². The van der Waals surface area contributed by atoms with Crippen molar-refractivity contribution in [3.63, 3.8) is 0 Å². The van der Waals surface area contributed by atoms with Crippen LogP contribution in [-0.2, 0) is 4.79 Å². The van der Waals surface area contributed by atoms with E-state index in [4.69, 9.17) is 9.84 Å². The smallest absolute Gasteiger partial charge is 0.344 e. The van der Waals surface area contributed by atoms with Crippen molar-refractivity contribution in [1.29, 1.82) is 0 Å². The van der Waals surface area contributed by atoms with Crippen molar-refractivity contribution in [1.82, 2.24) is 4.98 Å². The summed E-state index contributed by atoms with van der Waals surface area (Å²) in [5.41, 5.74) is 0.803. The number of ether oxygens (including phenoxy) is 1. The highest BCUT2D eigenvalue weighted by Crippen LogP contribution is 2.35. The van der Waals surface area contributed by atoms with Gasteiger partial charge in [0.2, 0.25) is 0 Å². The Kier molecular flexibility index (Phi) is 3.21. The van der Waals surface area contributed by atoms with Gasteiger partial charge in [-0.2, -0.15) is 0 Å². The average molecular weight is 299 g/mol. The number of carbonyl (C=O) groups is 2. The minimum absolute atomic E-state index is 0.119. The molecule has 6 heteroatoms. The molecule has 112 valence electrons. The van der Waals surface area contributed by atoms with Crippen LogP contribution >= 0.6 is 0 Å². The molecule has 0 saturated heterocycles. The van der Waals surface area contributed by atoms with E-state index in [2.05, 4.69) is 4.98 Å². The SMILES string of the molecule is CC(Oc1cc2c(C(=O)O)c[nH]c2c2ccccc12)C(=O)O. The predicted octanol–water partition coefficient (Wildman–Crippen LogP) is 2.87. The highest BCUT2D eigenvalue weighted by Gasteiger charge is 2.19. The molecule has 3 rings (SSSR count). The van der Waals surface area contributed by atoms with Crippen LogP contribution in [0.5, 0.6) is 5.75 Å². The number of aromatic amines is 1. The van der Waals surface area contributed by atoms with Crippen molar-refractivity contribution in [2.75, 3.05) is 0 Å². The van der Waals surface area contributed by atoms with Gasteiger partial charge in [-0.1, -0.05) is 24.3 Å². The van der Waals surface area contributed by atoms with Crippen LogP contribution in [0.15, 0.2) is 36.5 Å². The first-order chi connectivity index (χ1) is 10.5. The molecule has 1 heterocycles. The summed E-state index contributed by atoms with van der Waals surface area (Å²) in [6.45, 7) is 1.43. The summed E-state index contributed by atoms with van der Waals surface area (Å²) in [5.74, 6) is -1.80. The number of hydrogen-bond donors (Lipinski definition) is 3. The number of H-pyrrole nitrogens is 1. The molecular weight excluding hydrogens is 286 g/mol. The summed E-state index contributed by atoms with van der Waals surface area (Å²) in [6.07, 6.45) is 0.386. The molecule has 0 radical (unpaired) electrons. The summed E-state index contributed by atoms with van der Waals surface area (Å²) in [4.78, 5) is 25.3. The van der Waals surface area contributed by atoms with Gasteiger partial charge in [0, 0.05) is 22.4 Å². The molecule has 1 aromatic heterocycles. The zero-order valence-electron chi connectivity index (χ0n) is 11.7. The fourth-order valence-corrected chi connectivity index (χ4v) is 2.45. The molecular formula is C16H13NO5. The summed E-state index contributed by atoms with van der Waals surface area (Å²) in [6, 6.07) is 8.84. The number of rotatable bonds is 4. The van der Waals surface area contributed by atoms with Gasteiger partial charge in [-0.05, 0) is 13.0 Å². The summed E-state index contributed by atoms with van der Waals surface area (Å²) >= 11 is 0. The van der Waals surface area contributed by atoms with Crippen LogP contribution in [0.25, 0.3) is 21.7 Å². The maximum absolute atomic E-state index is 11.3. The molecule has 1 atom stereocenters. The zero-order chi connectivity index (χ0) is 15.9. The molecule has 0 bridgehead atoms. The van der Waals surface area contributed by atoms with Gasteiger partial charge in [0.25, 0.3) is 0 Å². The van der Waals surface area contributed by atoms with E-state index in [1.165, 1.54) is 13.1 Å². The monoisotopic (exact) mass is 299 g/mol. The average Bonchev–Trinajstić information content (AvgIpc) is 2.91. The largest absolute Gasteiger partial charge is 0.479 e. The summed E-state index contributed by atoms with van der Waals surface area (Å²) in [7, 11) is 0. The van der Waals surface area contributed by atoms with Gasteiger partial charge in [0.15, 0.2) is 6.10 Å². The lowest BCUT2D eigenvalue weighted by Gasteiger charge is -2.13. The predicted molar refractivity (Wildman–Crippen MR) is 80.5 cm³/mol. The Hall–Kier alpha value is -3.02. The second-order valence-electron chi connectivity index (χ2n) is 4.95. The third-order valence-electron chi connectivity index (χ3n) is 3.54. The van der Waals surface area contributed by atoms with Gasteiger partial charge in [-0.3, -0.25) is 0 Å². The molecule has 0 aliphatic carbocycles. The first-order valence-electron chi connectivity index (χ1n) is 6.64. The van der Waals surface area contributed by atoms with Crippen LogP contribution in [0.3, 0.4) is 0 Å². The van der Waals surface area contributed by atoms with Gasteiger partial charge in [0.05, 0.1) is 11.1 Å². The van der Waals surface area contributed by atoms with E-state index in [1.54, 1.807) is 12.1 Å². The molecule has 22 heavy (non-hydrogen) atoms. The van der Waals surface area contributed by atoms with E-state index in [0.29, 0.717) is 16.7 Å². The van der Waals surface area contributed by atoms with Crippen molar-refractivity contribution < 1.29 is 24.5 Å². The van der Waals surface area contributed by atoms with E-state index < -0.39 is 18.0 Å². The van der Waals surface area contributed by atoms with E-state index in [1.807, 2.05) is 18.2 Å². The third kappa shape index (κ3) is 2.14. The van der Waals surface area contributed by atoms with E-state index in [9.17, 15) is 14.7 Å². The number of hydrogen-bond acceptors (Lipinski definition) is 3. The normalized spacial score (nSPS) is 12.4. The maximum atomic E-state index is 11.3. The van der Waals surface area contributed by atoms with Crippen molar-refractivity contribution >= 4 is 33.6 Å². The minimum atomic E-state index is -1.09. The van der Waals surface area contributed by atoms with Crippen LogP contribution in [0.1, 0.15) is 17.3 Å². The fraction of sp³-hybridized carbons (Fsp3) is 0.125. The van der Waals surface area contributed by atoms with Crippen LogP contribution in [-0.4, -0.2) is 33.2 Å². The third-order valence-corrected chi connectivity index (χ3v) is 3.54. The summed E-state index contributed by atoms with van der Waals surface area (Å²) in [5, 5.41) is 20.2. The minimum Gasteiger partial charge on any atom is -0.479 e. The lowest BCUT2D eigenvalue weighted by atomic mass is 10.0. The first-order valence-corrected chi connectivity index (χ1v) is 6.64. The Labute approximate surface area is 124 Å². The van der Waals surface area contributed by atoms with Gasteiger partial charge in [-0.25, -0.2) is 9.59 Å². The standard InChI is InChI=1S/C16H13NO5/c1-8(15(18)19)22-13-6-11-12(16(20)21)7-17-14(11)10-5-3-2-4-9(10)13/h2-8,17H,1H3,(H,18,19)(H,20,21). The Balaban J connectivity index is 2.30. The van der Waals surface area contributed by atoms with E-state index in [0.717, 1.165) is 10.8 Å². The summed E-state index contributed by atoms with van der Waals surface area (Å²) < 4.78 is 5.49. The highest BCUT2D eigenvalue weighted by atomic mass is 16.5. The molecule has 0 spiro atoms. The van der Waals surface area contributed by atoms with Crippen molar-refractivity contribution in [3.05, 3.63) is 42.1 Å². The van der Waals surface area contributed by atoms with Gasteiger partial charge in [0.1, 0.15) is 5.75 Å². The van der Waals surface area contributed by atoms with Crippen molar-refractivity contribution in [2.24, 2.45) is 0 Å². The number of benzene rings is 2. The first kappa shape index (κ1) is 13.9. The topological polar surface area (TPSA) is 99.6 Å². The van der Waals surface area contributed by atoms with Crippen molar-refractivity contribution in [2.45, 2.75) is 13.0 Å². The number of aromatic carboxylic acids is 1. The van der Waals surface area contributed by atoms with E-state index in [-0.39, 0.29) is 5.56 Å². The molecule has 3 N–H and O–H groups in total. The Morgan fingerprint density at radius 2 is 1.82 bits per heavy atom. The van der Waals surface area contributed by atoms with Gasteiger partial charge >= 0.3 is 11.9 Å². The van der Waals surface area contributed by atoms with Crippen molar-refractivity contribution in [3.8, 4) is 5.75 Å². The molecule has 0 aliphatic heterocycles. The Morgan fingerprint density at radius 1 is 1.14 bits per heavy atom. The molecule has 1 unspecified atom stereocenters. The van der Waals surface area contributed by atoms with Crippen LogP contribution in [0.2, 0.25) is 0 Å². The number of fused-ring (bicyclic) bond motifs is 3. The molecule has 6 nitrogen and oxygen atoms in total. The number of aromatic nitrogens is 1. The van der Waals surface area contributed by atoms with Crippen LogP contribution in [0.4, 0.5) is 0 Å². The molecule has 2 aromatic carbocycles. The number of carboxylic acid groups (broad SMARTS) is 2. The molecule has 0 aliphatic rings. The Bertz CT molecular complexity index is 896. The second-order valence-corrected chi connectivity index (χ2v) is 4.95. The van der Waals surface area contributed by atoms with Gasteiger partial charge in [-0.15, -0.1) is 0 Å². The fourth-order valence-electron chi connectivity index (χ4n) is 2.45. The molecule has 0 amide bonds. The van der Waals surface area contributed by atoms with Crippen LogP contribution < -0.4 is 4.74 Å².